The molecular weight excluding hydrogens is 116 g/mol. The number of rotatable bonds is 1. The first-order valence-electron chi connectivity index (χ1n) is 3.33. The molecule has 2 nitrogen and oxygen atoms in total. The van der Waals surface area contributed by atoms with Crippen LogP contribution in [0.2, 0.25) is 0 Å². The number of hydrogen-bond donors (Lipinski definition) is 0. The van der Waals surface area contributed by atoms with Crippen LogP contribution in [0.1, 0.15) is 19.8 Å². The zero-order valence-electron chi connectivity index (χ0n) is 5.89. The molecule has 1 saturated carbocycles. The van der Waals surface area contributed by atoms with Gasteiger partial charge in [-0.2, -0.15) is 0 Å². The van der Waals surface area contributed by atoms with Gasteiger partial charge in [-0.05, 0) is 18.8 Å². The van der Waals surface area contributed by atoms with Crippen molar-refractivity contribution >= 4 is 5.97 Å². The monoisotopic (exact) mass is 128 g/mol. The van der Waals surface area contributed by atoms with Crippen LogP contribution in [-0.2, 0) is 9.53 Å². The minimum atomic E-state index is -0.0336. The van der Waals surface area contributed by atoms with Crippen molar-refractivity contribution in [3.63, 3.8) is 0 Å². The number of carbonyl (C=O) groups is 1. The highest BCUT2D eigenvalue weighted by Gasteiger charge is 2.33. The zero-order valence-corrected chi connectivity index (χ0v) is 5.89. The van der Waals surface area contributed by atoms with E-state index in [9.17, 15) is 4.79 Å². The second kappa shape index (κ2) is 2.38. The fraction of sp³-hybridized carbons (Fsp3) is 0.857. The summed E-state index contributed by atoms with van der Waals surface area (Å²) in [6, 6.07) is 0. The Kier molecular flexibility index (Phi) is 1.74. The highest BCUT2D eigenvalue weighted by Crippen LogP contribution is 2.34. The molecule has 52 valence electrons. The predicted octanol–water partition coefficient (Wildman–Crippen LogP) is 1.21. The van der Waals surface area contributed by atoms with Gasteiger partial charge in [-0.25, -0.2) is 0 Å². The molecule has 0 aromatic carbocycles. The number of methoxy groups -OCH3 is 1. The van der Waals surface area contributed by atoms with Gasteiger partial charge in [0.25, 0.3) is 0 Å². The van der Waals surface area contributed by atoms with Crippen molar-refractivity contribution in [3.8, 4) is 0 Å². The Morgan fingerprint density at radius 2 is 2.22 bits per heavy atom. The molecule has 2 atom stereocenters. The Hall–Kier alpha value is -0.530. The van der Waals surface area contributed by atoms with Crippen LogP contribution in [-0.4, -0.2) is 13.1 Å². The molecule has 0 saturated heterocycles. The summed E-state index contributed by atoms with van der Waals surface area (Å²) in [5.74, 6) is 0.723. The third kappa shape index (κ3) is 1.07. The van der Waals surface area contributed by atoms with Gasteiger partial charge in [0.1, 0.15) is 0 Å². The normalized spacial score (nSPS) is 33.1. The predicted molar refractivity (Wildman–Crippen MR) is 33.9 cm³/mol. The summed E-state index contributed by atoms with van der Waals surface area (Å²) in [6.07, 6.45) is 2.20. The molecule has 1 aliphatic carbocycles. The Morgan fingerprint density at radius 3 is 2.33 bits per heavy atom. The maximum atomic E-state index is 10.8. The lowest BCUT2D eigenvalue weighted by molar-refractivity contribution is -0.151. The third-order valence-electron chi connectivity index (χ3n) is 2.12. The lowest BCUT2D eigenvalue weighted by atomic mass is 9.75. The second-order valence-electron chi connectivity index (χ2n) is 2.68. The fourth-order valence-electron chi connectivity index (χ4n) is 1.17. The summed E-state index contributed by atoms with van der Waals surface area (Å²) in [5.41, 5.74) is 0. The van der Waals surface area contributed by atoms with Gasteiger partial charge in [-0.15, -0.1) is 0 Å². The number of ether oxygens (including phenoxy) is 1. The van der Waals surface area contributed by atoms with Crippen LogP contribution >= 0.6 is 0 Å². The molecule has 1 fully saturated rings. The largest absolute Gasteiger partial charge is 0.469 e. The standard InChI is InChI=1S/C7H12O2/c1-5-3-4-6(5)7(8)9-2/h5-6H,3-4H2,1-2H3/t5?,6-/m1/s1. The van der Waals surface area contributed by atoms with Gasteiger partial charge in [0.2, 0.25) is 0 Å². The van der Waals surface area contributed by atoms with Crippen LogP contribution < -0.4 is 0 Å². The average molecular weight is 128 g/mol. The highest BCUT2D eigenvalue weighted by atomic mass is 16.5. The Balaban J connectivity index is 2.35. The maximum absolute atomic E-state index is 10.8. The van der Waals surface area contributed by atoms with Crippen molar-refractivity contribution in [3.05, 3.63) is 0 Å². The van der Waals surface area contributed by atoms with E-state index in [1.54, 1.807) is 0 Å². The van der Waals surface area contributed by atoms with E-state index in [1.165, 1.54) is 13.5 Å². The van der Waals surface area contributed by atoms with Crippen LogP contribution in [0.5, 0.6) is 0 Å². The minimum absolute atomic E-state index is 0.0336. The first kappa shape index (κ1) is 6.59. The molecule has 0 aromatic rings. The van der Waals surface area contributed by atoms with E-state index in [4.69, 9.17) is 0 Å². The Labute approximate surface area is 55.2 Å². The van der Waals surface area contributed by atoms with Gasteiger partial charge in [0.05, 0.1) is 13.0 Å². The smallest absolute Gasteiger partial charge is 0.308 e. The number of carbonyl (C=O) groups excluding carboxylic acids is 1. The summed E-state index contributed by atoms with van der Waals surface area (Å²) in [5, 5.41) is 0. The quantitative estimate of drug-likeness (QED) is 0.496. The zero-order chi connectivity index (χ0) is 6.85. The highest BCUT2D eigenvalue weighted by molar-refractivity contribution is 5.73. The van der Waals surface area contributed by atoms with Crippen LogP contribution in [0.4, 0.5) is 0 Å². The Bertz CT molecular complexity index is 120. The third-order valence-corrected chi connectivity index (χ3v) is 2.12. The molecule has 0 aromatic heterocycles. The van der Waals surface area contributed by atoms with Crippen molar-refractivity contribution in [2.45, 2.75) is 19.8 Å². The molecule has 0 N–H and O–H groups in total. The number of esters is 1. The van der Waals surface area contributed by atoms with E-state index in [2.05, 4.69) is 11.7 Å². The topological polar surface area (TPSA) is 26.3 Å². The first-order chi connectivity index (χ1) is 4.25. The molecule has 1 unspecified atom stereocenters. The summed E-state index contributed by atoms with van der Waals surface area (Å²) in [6.45, 7) is 2.09. The molecular formula is C7H12O2. The van der Waals surface area contributed by atoms with Gasteiger partial charge in [-0.3, -0.25) is 4.79 Å². The fourth-order valence-corrected chi connectivity index (χ4v) is 1.17. The van der Waals surface area contributed by atoms with Gasteiger partial charge in [0.15, 0.2) is 0 Å². The molecule has 0 aliphatic heterocycles. The van der Waals surface area contributed by atoms with Crippen LogP contribution in [0, 0.1) is 11.8 Å². The van der Waals surface area contributed by atoms with Gasteiger partial charge in [-0.1, -0.05) is 6.92 Å². The summed E-state index contributed by atoms with van der Waals surface area (Å²) in [7, 11) is 1.45. The summed E-state index contributed by atoms with van der Waals surface area (Å²) < 4.78 is 4.59. The van der Waals surface area contributed by atoms with E-state index in [0.717, 1.165) is 6.42 Å². The van der Waals surface area contributed by atoms with Gasteiger partial charge in [0, 0.05) is 0 Å². The molecule has 2 heteroatoms. The van der Waals surface area contributed by atoms with E-state index >= 15 is 0 Å². The molecule has 1 rings (SSSR count). The molecule has 1 aliphatic rings. The molecule has 0 heterocycles. The summed E-state index contributed by atoms with van der Waals surface area (Å²) >= 11 is 0. The minimum Gasteiger partial charge on any atom is -0.469 e. The molecule has 0 amide bonds. The van der Waals surface area contributed by atoms with Gasteiger partial charge < -0.3 is 4.74 Å². The van der Waals surface area contributed by atoms with Crippen LogP contribution in [0.15, 0.2) is 0 Å². The molecule has 9 heavy (non-hydrogen) atoms. The van der Waals surface area contributed by atoms with Crippen molar-refractivity contribution < 1.29 is 9.53 Å². The Morgan fingerprint density at radius 1 is 1.56 bits per heavy atom. The molecule has 0 spiro atoms. The SMILES string of the molecule is COC(=O)[C@@H]1CCC1C. The maximum Gasteiger partial charge on any atom is 0.308 e. The molecule has 0 radical (unpaired) electrons. The van der Waals surface area contributed by atoms with Gasteiger partial charge >= 0.3 is 5.97 Å². The van der Waals surface area contributed by atoms with Crippen molar-refractivity contribution in [2.75, 3.05) is 7.11 Å². The lowest BCUT2D eigenvalue weighted by Crippen LogP contribution is -2.31. The van der Waals surface area contributed by atoms with Crippen LogP contribution in [0.25, 0.3) is 0 Å². The van der Waals surface area contributed by atoms with E-state index < -0.39 is 0 Å². The van der Waals surface area contributed by atoms with Crippen molar-refractivity contribution in [1.29, 1.82) is 0 Å². The van der Waals surface area contributed by atoms with E-state index in [0.29, 0.717) is 5.92 Å². The van der Waals surface area contributed by atoms with E-state index in [-0.39, 0.29) is 11.9 Å². The first-order valence-corrected chi connectivity index (χ1v) is 3.33. The van der Waals surface area contributed by atoms with E-state index in [1.807, 2.05) is 0 Å². The average Bonchev–Trinajstić information content (AvgIpc) is 1.84. The van der Waals surface area contributed by atoms with Crippen LogP contribution in [0.3, 0.4) is 0 Å². The van der Waals surface area contributed by atoms with Crippen molar-refractivity contribution in [2.24, 2.45) is 11.8 Å². The molecule has 0 bridgehead atoms. The number of hydrogen-bond acceptors (Lipinski definition) is 2. The summed E-state index contributed by atoms with van der Waals surface area (Å²) in [4.78, 5) is 10.8. The lowest BCUT2D eigenvalue weighted by Gasteiger charge is -2.30. The second-order valence-corrected chi connectivity index (χ2v) is 2.68. The van der Waals surface area contributed by atoms with Crippen molar-refractivity contribution in [1.82, 2.24) is 0 Å².